The summed E-state index contributed by atoms with van der Waals surface area (Å²) in [6.45, 7) is 8.25. The van der Waals surface area contributed by atoms with E-state index in [4.69, 9.17) is 0 Å². The number of aliphatic hydroxyl groups is 1. The number of rotatable bonds is 16. The molecule has 0 saturated carbocycles. The van der Waals surface area contributed by atoms with Crippen molar-refractivity contribution < 1.29 is 33.0 Å². The molecule has 2 aliphatic rings. The maximum atomic E-state index is 13.1. The normalized spacial score (nSPS) is 20.4. The van der Waals surface area contributed by atoms with Crippen LogP contribution < -0.4 is 16.0 Å². The number of hydrogen-bond acceptors (Lipinski definition) is 8. The Morgan fingerprint density at radius 1 is 1.18 bits per heavy atom. The Morgan fingerprint density at radius 2 is 1.91 bits per heavy atom. The van der Waals surface area contributed by atoms with Gasteiger partial charge in [-0.2, -0.15) is 4.31 Å². The zero-order valence-corrected chi connectivity index (χ0v) is 27.9. The molecule has 1 fully saturated rings. The molecule has 14 heteroatoms. The molecule has 0 radical (unpaired) electrons. The number of aliphatic hydroxyl groups excluding tert-OH is 1. The van der Waals surface area contributed by atoms with E-state index in [0.717, 1.165) is 30.6 Å². The van der Waals surface area contributed by atoms with Crippen LogP contribution in [0.15, 0.2) is 28.5 Å². The molecule has 3 amide bonds. The number of carboxylic acids is 1. The average Bonchev–Trinajstić information content (AvgIpc) is 3.68. The van der Waals surface area contributed by atoms with E-state index in [-0.39, 0.29) is 19.6 Å². The third-order valence-corrected chi connectivity index (χ3v) is 11.1. The van der Waals surface area contributed by atoms with Gasteiger partial charge in [-0.15, -0.1) is 11.3 Å². The molecule has 0 spiro atoms. The number of carbonyl (C=O) groups excluding carboxylic acids is 2. The molecular weight excluding hydrogens is 606 g/mol. The minimum atomic E-state index is -3.63. The second-order valence-electron chi connectivity index (χ2n) is 12.6. The minimum Gasteiger partial charge on any atom is -0.480 e. The van der Waals surface area contributed by atoms with Gasteiger partial charge in [0.15, 0.2) is 0 Å². The number of carboxylic acid groups (broad SMARTS) is 1. The minimum absolute atomic E-state index is 0.0834. The lowest BCUT2D eigenvalue weighted by atomic mass is 9.86. The Kier molecular flexibility index (Phi) is 13.2. The zero-order valence-electron chi connectivity index (χ0n) is 26.3. The van der Waals surface area contributed by atoms with Crippen molar-refractivity contribution in [2.75, 3.05) is 19.6 Å². The van der Waals surface area contributed by atoms with Gasteiger partial charge in [0, 0.05) is 30.6 Å². The predicted octanol–water partition coefficient (Wildman–Crippen LogP) is 3.24. The lowest BCUT2D eigenvalue weighted by Crippen LogP contribution is -2.56. The summed E-state index contributed by atoms with van der Waals surface area (Å²) < 4.78 is 27.3. The summed E-state index contributed by atoms with van der Waals surface area (Å²) >= 11 is 1.39. The number of likely N-dealkylation sites (tertiary alicyclic amines) is 1. The molecule has 4 atom stereocenters. The van der Waals surface area contributed by atoms with Crippen molar-refractivity contribution in [2.45, 2.75) is 115 Å². The molecule has 0 aromatic carbocycles. The van der Waals surface area contributed by atoms with Crippen LogP contribution >= 0.6 is 11.3 Å². The molecular formula is C30H49N5O7S2. The Morgan fingerprint density at radius 3 is 2.57 bits per heavy atom. The first-order valence-electron chi connectivity index (χ1n) is 15.5. The first-order valence-corrected chi connectivity index (χ1v) is 17.8. The topological polar surface area (TPSA) is 168 Å². The molecule has 0 aliphatic carbocycles. The van der Waals surface area contributed by atoms with Gasteiger partial charge >= 0.3 is 12.0 Å². The van der Waals surface area contributed by atoms with Gasteiger partial charge in [0.1, 0.15) is 12.3 Å². The van der Waals surface area contributed by atoms with Crippen LogP contribution in [-0.4, -0.2) is 89.7 Å². The van der Waals surface area contributed by atoms with Gasteiger partial charge in [-0.25, -0.2) is 13.2 Å². The highest BCUT2D eigenvalue weighted by Crippen LogP contribution is 2.35. The smallest absolute Gasteiger partial charge is 0.320 e. The van der Waals surface area contributed by atoms with Crippen LogP contribution in [0.25, 0.3) is 0 Å². The van der Waals surface area contributed by atoms with Crippen molar-refractivity contribution in [1.29, 1.82) is 0 Å². The maximum absolute atomic E-state index is 13.1. The summed E-state index contributed by atoms with van der Waals surface area (Å²) in [6, 6.07) is -1.13. The van der Waals surface area contributed by atoms with E-state index in [1.54, 1.807) is 11.4 Å². The highest BCUT2D eigenvalue weighted by molar-refractivity contribution is 7.89. The number of hydrogen-bond donors (Lipinski definition) is 5. The molecule has 1 saturated heterocycles. The second-order valence-corrected chi connectivity index (χ2v) is 15.5. The molecule has 0 bridgehead atoms. The number of nitrogens with one attached hydrogen (secondary N) is 3. The molecule has 3 unspecified atom stereocenters. The summed E-state index contributed by atoms with van der Waals surface area (Å²) in [7, 11) is -3.63. The molecule has 12 nitrogen and oxygen atoms in total. The Labute approximate surface area is 265 Å². The lowest BCUT2D eigenvalue weighted by molar-refractivity contribution is -0.141. The van der Waals surface area contributed by atoms with E-state index in [9.17, 15) is 33.0 Å². The summed E-state index contributed by atoms with van der Waals surface area (Å²) in [5, 5.41) is 30.5. The van der Waals surface area contributed by atoms with Crippen molar-refractivity contribution >= 4 is 39.3 Å². The first kappa shape index (κ1) is 36.0. The third kappa shape index (κ3) is 9.74. The largest absolute Gasteiger partial charge is 0.480 e. The number of allylic oxidation sites excluding steroid dienone is 2. The Hall–Kier alpha value is -2.52. The summed E-state index contributed by atoms with van der Waals surface area (Å²) in [4.78, 5) is 40.3. The number of urea groups is 1. The number of sulfonamides is 1. The highest BCUT2D eigenvalue weighted by atomic mass is 32.2. The first-order chi connectivity index (χ1) is 20.8. The quantitative estimate of drug-likeness (QED) is 0.103. The molecule has 2 aliphatic heterocycles. The van der Waals surface area contributed by atoms with Gasteiger partial charge in [0.25, 0.3) is 0 Å². The fourth-order valence-corrected chi connectivity index (χ4v) is 8.39. The van der Waals surface area contributed by atoms with Crippen LogP contribution in [0.4, 0.5) is 4.79 Å². The van der Waals surface area contributed by atoms with E-state index in [2.05, 4.69) is 29.0 Å². The molecule has 44 heavy (non-hydrogen) atoms. The fraction of sp³-hybridized carbons (Fsp3) is 0.700. The monoisotopic (exact) mass is 655 g/mol. The number of unbranched alkanes of at least 4 members (excludes halogenated alkanes) is 3. The Bertz CT molecular complexity index is 1260. The standard InChI is InChI=1S/C30H49N5O7S2/c1-5-6-7-8-9-10-11-13-21(28(38)39)32-27(37)22-14-12-16-35(22)26(36)18-31-29(40)33-25(30(2,3)4)20-34-19-23-24(15-17-43-23)44(34,41)42/h9-10,15,17,21-22,25,27,32,37H,5-8,11-14,16,18-20H2,1-4H3,(H,38,39)(H2,31,33,40)/b10-9-/t21?,22-,25?,27?/m0/s1. The summed E-state index contributed by atoms with van der Waals surface area (Å²) in [5.41, 5.74) is -0.478. The van der Waals surface area contributed by atoms with E-state index in [1.807, 2.05) is 26.8 Å². The number of thiophene rings is 1. The van der Waals surface area contributed by atoms with Gasteiger partial charge in [-0.3, -0.25) is 14.9 Å². The number of amides is 3. The summed E-state index contributed by atoms with van der Waals surface area (Å²) in [6.07, 6.45) is 9.16. The van der Waals surface area contributed by atoms with Crippen LogP contribution in [0.3, 0.4) is 0 Å². The molecule has 3 rings (SSSR count). The van der Waals surface area contributed by atoms with Gasteiger partial charge < -0.3 is 25.7 Å². The van der Waals surface area contributed by atoms with Crippen LogP contribution in [0.5, 0.6) is 0 Å². The van der Waals surface area contributed by atoms with Gasteiger partial charge in [-0.05, 0) is 55.4 Å². The summed E-state index contributed by atoms with van der Waals surface area (Å²) in [5.74, 6) is -1.47. The van der Waals surface area contributed by atoms with Crippen molar-refractivity contribution in [3.63, 3.8) is 0 Å². The SMILES string of the molecule is CCCCC/C=C\CCC(NC(O)[C@@H]1CCCN1C(=O)CNC(=O)NC(CN1Cc2sccc2S1(=O)=O)C(C)(C)C)C(=O)O. The Balaban J connectivity index is 1.50. The van der Waals surface area contributed by atoms with Crippen molar-refractivity contribution in [3.8, 4) is 0 Å². The van der Waals surface area contributed by atoms with Gasteiger partial charge in [0.2, 0.25) is 15.9 Å². The number of nitrogens with zero attached hydrogens (tertiary/aromatic N) is 2. The number of carbonyl (C=O) groups is 3. The molecule has 1 aromatic rings. The molecule has 1 aromatic heterocycles. The fourth-order valence-electron chi connectivity index (χ4n) is 5.46. The number of fused-ring (bicyclic) bond motifs is 1. The van der Waals surface area contributed by atoms with E-state index in [0.29, 0.717) is 37.1 Å². The van der Waals surface area contributed by atoms with E-state index < -0.39 is 57.7 Å². The molecule has 5 N–H and O–H groups in total. The van der Waals surface area contributed by atoms with Crippen LogP contribution in [0, 0.1) is 5.41 Å². The van der Waals surface area contributed by atoms with Crippen LogP contribution in [-0.2, 0) is 26.2 Å². The van der Waals surface area contributed by atoms with Crippen molar-refractivity contribution in [2.24, 2.45) is 5.41 Å². The predicted molar refractivity (Wildman–Crippen MR) is 170 cm³/mol. The average molecular weight is 656 g/mol. The lowest BCUT2D eigenvalue weighted by Gasteiger charge is -2.34. The third-order valence-electron chi connectivity index (χ3n) is 8.20. The van der Waals surface area contributed by atoms with Gasteiger partial charge in [0.05, 0.1) is 17.5 Å². The van der Waals surface area contributed by atoms with Crippen molar-refractivity contribution in [1.82, 2.24) is 25.2 Å². The second kappa shape index (κ2) is 16.2. The highest BCUT2D eigenvalue weighted by Gasteiger charge is 2.40. The van der Waals surface area contributed by atoms with E-state index >= 15 is 0 Å². The van der Waals surface area contributed by atoms with Crippen LogP contribution in [0.1, 0.15) is 83.9 Å². The van der Waals surface area contributed by atoms with Gasteiger partial charge in [-0.1, -0.05) is 52.7 Å². The maximum Gasteiger partial charge on any atom is 0.320 e. The van der Waals surface area contributed by atoms with E-state index in [1.165, 1.54) is 20.5 Å². The molecule has 3 heterocycles. The van der Waals surface area contributed by atoms with Crippen molar-refractivity contribution in [3.05, 3.63) is 28.5 Å². The zero-order chi connectivity index (χ0) is 32.5. The molecule has 248 valence electrons. The number of aliphatic carboxylic acids is 1. The van der Waals surface area contributed by atoms with Crippen LogP contribution in [0.2, 0.25) is 0 Å².